The zero-order valence-electron chi connectivity index (χ0n) is 24.6. The van der Waals surface area contributed by atoms with Crippen molar-refractivity contribution in [3.05, 3.63) is 165 Å². The van der Waals surface area contributed by atoms with E-state index in [0.29, 0.717) is 43.9 Å². The van der Waals surface area contributed by atoms with Crippen molar-refractivity contribution < 1.29 is 36.3 Å². The van der Waals surface area contributed by atoms with Crippen molar-refractivity contribution in [3.8, 4) is 22.5 Å². The Bertz CT molecular complexity index is 2020. The number of aromatic nitrogens is 2. The average Bonchev–Trinajstić information content (AvgIpc) is 3.06. The third kappa shape index (κ3) is 9.47. The molecular weight excluding hydrogens is 729 g/mol. The van der Waals surface area contributed by atoms with Gasteiger partial charge in [-0.05, 0) is 59.7 Å². The van der Waals surface area contributed by atoms with E-state index < -0.39 is 20.0 Å². The molecule has 0 saturated carbocycles. The second-order valence-corrected chi connectivity index (χ2v) is 13.6. The summed E-state index contributed by atoms with van der Waals surface area (Å²) in [5, 5.41) is 1.05. The molecule has 0 saturated heterocycles. The summed E-state index contributed by atoms with van der Waals surface area (Å²) in [5.41, 5.74) is 3.00. The second-order valence-electron chi connectivity index (χ2n) is 9.51. The number of halogens is 2. The first kappa shape index (κ1) is 35.7. The fraction of sp³-hybridized carbons (Fsp3) is 0. The number of hydrogen-bond acceptors (Lipinski definition) is 6. The summed E-state index contributed by atoms with van der Waals surface area (Å²) in [4.78, 5) is 8.76. The number of hydrogen-bond donors (Lipinski definition) is 0. The van der Waals surface area contributed by atoms with Crippen LogP contribution < -0.4 is 0 Å². The molecule has 0 aliphatic heterocycles. The van der Waals surface area contributed by atoms with Crippen LogP contribution in [0.2, 0.25) is 10.0 Å². The maximum Gasteiger partial charge on any atom is 2.00 e. The van der Waals surface area contributed by atoms with Gasteiger partial charge in [-0.3, -0.25) is 9.97 Å². The van der Waals surface area contributed by atoms with Gasteiger partial charge in [0.25, 0.3) is 0 Å². The average molecular weight is 753 g/mol. The number of nitrogens with zero attached hydrogens (tertiary/aromatic N) is 4. The van der Waals surface area contributed by atoms with Gasteiger partial charge in [-0.1, -0.05) is 108 Å². The molecule has 0 aliphatic rings. The molecule has 0 unspecified atom stereocenters. The van der Waals surface area contributed by atoms with E-state index in [9.17, 15) is 16.8 Å². The van der Waals surface area contributed by atoms with Gasteiger partial charge < -0.3 is 9.44 Å². The first-order chi connectivity index (χ1) is 22.1. The molecule has 0 spiro atoms. The number of sulfonamides is 2. The second kappa shape index (κ2) is 16.1. The predicted octanol–water partition coefficient (Wildman–Crippen LogP) is 9.59. The number of rotatable bonds is 8. The van der Waals surface area contributed by atoms with E-state index in [4.69, 9.17) is 23.2 Å². The summed E-state index contributed by atoms with van der Waals surface area (Å²) in [6.07, 6.45) is 3.14. The van der Waals surface area contributed by atoms with Gasteiger partial charge in [0, 0.05) is 22.4 Å². The van der Waals surface area contributed by atoms with Crippen LogP contribution in [0.1, 0.15) is 0 Å². The minimum Gasteiger partial charge on any atom is -0.572 e. The summed E-state index contributed by atoms with van der Waals surface area (Å²) >= 11 is 12.0. The van der Waals surface area contributed by atoms with E-state index >= 15 is 0 Å². The molecule has 0 radical (unpaired) electrons. The Labute approximate surface area is 296 Å². The van der Waals surface area contributed by atoms with Crippen molar-refractivity contribution in [2.45, 2.75) is 9.79 Å². The molecule has 0 fully saturated rings. The summed E-state index contributed by atoms with van der Waals surface area (Å²) in [6.45, 7) is 0. The molecule has 2 aromatic heterocycles. The molecule has 2 heterocycles. The van der Waals surface area contributed by atoms with Gasteiger partial charge in [0.2, 0.25) is 0 Å². The van der Waals surface area contributed by atoms with Crippen LogP contribution in [0.25, 0.3) is 32.0 Å². The Balaban J connectivity index is 0.000000208. The predicted molar refractivity (Wildman–Crippen MR) is 183 cm³/mol. The third-order valence-corrected chi connectivity index (χ3v) is 9.40. The Kier molecular flexibility index (Phi) is 12.3. The molecule has 0 atom stereocenters. The van der Waals surface area contributed by atoms with Gasteiger partial charge in [-0.25, -0.2) is 16.8 Å². The molecule has 0 aliphatic carbocycles. The van der Waals surface area contributed by atoms with E-state index in [-0.39, 0.29) is 29.3 Å². The summed E-state index contributed by atoms with van der Waals surface area (Å²) < 4.78 is 57.7. The fourth-order valence-electron chi connectivity index (χ4n) is 4.19. The minimum absolute atomic E-state index is 0. The zero-order valence-corrected chi connectivity index (χ0v) is 30.7. The van der Waals surface area contributed by atoms with E-state index in [1.165, 1.54) is 24.3 Å². The monoisotopic (exact) mass is 750 g/mol. The van der Waals surface area contributed by atoms with E-state index in [1.807, 2.05) is 0 Å². The van der Waals surface area contributed by atoms with Crippen molar-refractivity contribution in [3.63, 3.8) is 0 Å². The SMILES string of the molecule is O=S(=O)([N-]c1ccccc1-c1cc(Cl)ccn1)c1ccccc1.O=S(=O)([N-]c1ccccc1-c1cc(Cl)ccn1)c1ccccc1.[Zn+2]. The standard InChI is InChI=1S/2C17H12ClN2O2S.Zn/c2*18-13-10-11-19-17(12-13)15-8-4-5-9-16(15)20-23(21,22)14-6-2-1-3-7-14;/h2*1-12H;/q2*-1;+2. The van der Waals surface area contributed by atoms with Gasteiger partial charge in [0.1, 0.15) is 20.0 Å². The first-order valence-corrected chi connectivity index (χ1v) is 17.2. The van der Waals surface area contributed by atoms with Gasteiger partial charge in [0.15, 0.2) is 0 Å². The molecule has 6 rings (SSSR count). The normalized spacial score (nSPS) is 10.9. The molecule has 0 bridgehead atoms. The Morgan fingerprint density at radius 1 is 0.468 bits per heavy atom. The van der Waals surface area contributed by atoms with E-state index in [1.54, 1.807) is 122 Å². The summed E-state index contributed by atoms with van der Waals surface area (Å²) in [5.74, 6) is 0. The summed E-state index contributed by atoms with van der Waals surface area (Å²) in [7, 11) is -7.58. The molecule has 232 valence electrons. The molecule has 6 aromatic rings. The number of benzene rings is 4. The summed E-state index contributed by atoms with van der Waals surface area (Å²) in [6, 6.07) is 36.7. The van der Waals surface area contributed by atoms with Crippen LogP contribution in [0, 0.1) is 0 Å². The van der Waals surface area contributed by atoms with Gasteiger partial charge in [-0.15, -0.1) is 11.4 Å². The molecule has 13 heteroatoms. The molecule has 8 nitrogen and oxygen atoms in total. The maximum atomic E-state index is 12.4. The molecule has 4 aromatic carbocycles. The van der Waals surface area contributed by atoms with Crippen molar-refractivity contribution in [1.29, 1.82) is 0 Å². The van der Waals surface area contributed by atoms with Crippen LogP contribution in [-0.2, 0) is 39.5 Å². The fourth-order valence-corrected chi connectivity index (χ4v) is 6.56. The van der Waals surface area contributed by atoms with E-state index in [2.05, 4.69) is 19.4 Å². The zero-order chi connectivity index (χ0) is 32.6. The minimum atomic E-state index is -3.79. The van der Waals surface area contributed by atoms with Crippen molar-refractivity contribution >= 4 is 54.6 Å². The van der Waals surface area contributed by atoms with Crippen LogP contribution in [-0.4, -0.2) is 26.8 Å². The Morgan fingerprint density at radius 2 is 0.809 bits per heavy atom. The Morgan fingerprint density at radius 3 is 1.17 bits per heavy atom. The van der Waals surface area contributed by atoms with Gasteiger partial charge in [0.05, 0.1) is 21.2 Å². The smallest absolute Gasteiger partial charge is 0.572 e. The van der Waals surface area contributed by atoms with Gasteiger partial charge >= 0.3 is 19.5 Å². The third-order valence-electron chi connectivity index (χ3n) is 6.32. The Hall–Kier alpha value is -4.12. The number of pyridine rings is 2. The molecule has 0 N–H and O–H groups in total. The quantitative estimate of drug-likeness (QED) is 0.143. The van der Waals surface area contributed by atoms with Crippen LogP contribution in [0.15, 0.2) is 156 Å². The van der Waals surface area contributed by atoms with Crippen LogP contribution in [0.3, 0.4) is 0 Å². The van der Waals surface area contributed by atoms with Crippen molar-refractivity contribution in [1.82, 2.24) is 9.97 Å². The van der Waals surface area contributed by atoms with Crippen molar-refractivity contribution in [2.75, 3.05) is 0 Å². The largest absolute Gasteiger partial charge is 2.00 e. The van der Waals surface area contributed by atoms with E-state index in [0.717, 1.165) is 0 Å². The van der Waals surface area contributed by atoms with Crippen molar-refractivity contribution in [2.24, 2.45) is 0 Å². The van der Waals surface area contributed by atoms with Gasteiger partial charge in [-0.2, -0.15) is 0 Å². The van der Waals surface area contributed by atoms with Crippen LogP contribution in [0.4, 0.5) is 11.4 Å². The molecular formula is C34H24Cl2N4O4S2Zn. The topological polar surface area (TPSA) is 122 Å². The van der Waals surface area contributed by atoms with Crippen LogP contribution >= 0.6 is 23.2 Å². The molecule has 0 amide bonds. The first-order valence-electron chi connectivity index (χ1n) is 13.6. The maximum absolute atomic E-state index is 12.4. The molecule has 47 heavy (non-hydrogen) atoms. The van der Waals surface area contributed by atoms with Crippen LogP contribution in [0.5, 0.6) is 0 Å².